The first-order valence-corrected chi connectivity index (χ1v) is 7.82. The van der Waals surface area contributed by atoms with E-state index in [2.05, 4.69) is 21.9 Å². The molecule has 0 saturated heterocycles. The number of allylic oxidation sites excluding steroid dienone is 2. The van der Waals surface area contributed by atoms with Crippen LogP contribution in [0.4, 0.5) is 4.39 Å². The third-order valence-electron chi connectivity index (χ3n) is 3.87. The zero-order chi connectivity index (χ0) is 18.7. The predicted molar refractivity (Wildman–Crippen MR) is 98.0 cm³/mol. The molecule has 1 N–H and O–H groups in total. The summed E-state index contributed by atoms with van der Waals surface area (Å²) in [6, 6.07) is 8.83. The summed E-state index contributed by atoms with van der Waals surface area (Å²) in [4.78, 5) is 15.0. The number of rotatable bonds is 5. The van der Waals surface area contributed by atoms with E-state index in [1.54, 1.807) is 43.1 Å². The van der Waals surface area contributed by atoms with Gasteiger partial charge >= 0.3 is 0 Å². The van der Waals surface area contributed by atoms with Gasteiger partial charge in [-0.1, -0.05) is 11.8 Å². The highest BCUT2D eigenvalue weighted by Gasteiger charge is 2.12. The van der Waals surface area contributed by atoms with E-state index >= 15 is 0 Å². The normalized spacial score (nSPS) is 11.4. The van der Waals surface area contributed by atoms with Crippen LogP contribution in [0, 0.1) is 6.92 Å². The molecule has 7 heteroatoms. The maximum absolute atomic E-state index is 13.5. The summed E-state index contributed by atoms with van der Waals surface area (Å²) in [5.74, 6) is 0.234. The minimum absolute atomic E-state index is 0.304. The monoisotopic (exact) mass is 352 g/mol. The molecule has 0 fully saturated rings. The number of hydrogen-bond acceptors (Lipinski definition) is 4. The van der Waals surface area contributed by atoms with Crippen LogP contribution in [-0.4, -0.2) is 27.1 Å². The fourth-order valence-corrected chi connectivity index (χ4v) is 2.44. The van der Waals surface area contributed by atoms with Gasteiger partial charge in [0.05, 0.1) is 24.6 Å². The molecule has 0 radical (unpaired) electrons. The maximum Gasteiger partial charge on any atom is 0.257 e. The van der Waals surface area contributed by atoms with E-state index in [1.807, 2.05) is 12.1 Å². The van der Waals surface area contributed by atoms with Crippen LogP contribution in [0.15, 0.2) is 59.8 Å². The molecule has 0 unspecified atom stereocenters. The molecule has 3 rings (SSSR count). The molecule has 26 heavy (non-hydrogen) atoms. The summed E-state index contributed by atoms with van der Waals surface area (Å²) in [5.41, 5.74) is 2.23. The van der Waals surface area contributed by atoms with Crippen LogP contribution in [0.3, 0.4) is 0 Å². The molecule has 0 spiro atoms. The molecular formula is C19H17FN4O2. The number of aromatic nitrogens is 4. The van der Waals surface area contributed by atoms with E-state index in [-0.39, 0.29) is 5.56 Å². The summed E-state index contributed by atoms with van der Waals surface area (Å²) in [5, 5.41) is 8.12. The van der Waals surface area contributed by atoms with E-state index in [1.165, 1.54) is 6.08 Å². The quantitative estimate of drug-likeness (QED) is 0.714. The second kappa shape index (κ2) is 7.18. The van der Waals surface area contributed by atoms with Gasteiger partial charge in [-0.15, -0.1) is 5.10 Å². The molecule has 1 aromatic carbocycles. The van der Waals surface area contributed by atoms with Crippen LogP contribution >= 0.6 is 0 Å². The summed E-state index contributed by atoms with van der Waals surface area (Å²) in [6.07, 6.45) is 4.04. The first kappa shape index (κ1) is 17.3. The lowest BCUT2D eigenvalue weighted by atomic mass is 10.1. The highest BCUT2D eigenvalue weighted by molar-refractivity contribution is 5.65. The Morgan fingerprint density at radius 3 is 2.73 bits per heavy atom. The number of aryl methyl sites for hydroxylation is 1. The van der Waals surface area contributed by atoms with Crippen LogP contribution < -0.4 is 10.3 Å². The van der Waals surface area contributed by atoms with E-state index < -0.39 is 5.83 Å². The van der Waals surface area contributed by atoms with Gasteiger partial charge in [0.1, 0.15) is 17.3 Å². The largest absolute Gasteiger partial charge is 0.497 e. The molecule has 2 aromatic heterocycles. The molecule has 0 aliphatic rings. The molecule has 6 nitrogen and oxygen atoms in total. The van der Waals surface area contributed by atoms with E-state index in [9.17, 15) is 9.18 Å². The highest BCUT2D eigenvalue weighted by atomic mass is 19.1. The van der Waals surface area contributed by atoms with Gasteiger partial charge in [-0.05, 0) is 55.0 Å². The average Bonchev–Trinajstić information content (AvgIpc) is 3.13. The summed E-state index contributed by atoms with van der Waals surface area (Å²) < 4.78 is 20.2. The molecule has 132 valence electrons. The van der Waals surface area contributed by atoms with Crippen LogP contribution in [0.25, 0.3) is 23.0 Å². The standard InChI is InChI=1S/C19H17FN4O2/c1-4-14(20)9-13-10-17(19(25)21-12(13)2)18-11-24(23-22-18)15-5-7-16(26-3)8-6-15/h4-11H,1H2,2-3H3,(H,21,25)/b14-9+. The Morgan fingerprint density at radius 1 is 1.35 bits per heavy atom. The minimum Gasteiger partial charge on any atom is -0.497 e. The van der Waals surface area contributed by atoms with Gasteiger partial charge in [-0.25, -0.2) is 9.07 Å². The Kier molecular flexibility index (Phi) is 4.79. The third-order valence-corrected chi connectivity index (χ3v) is 3.87. The van der Waals surface area contributed by atoms with E-state index in [4.69, 9.17) is 4.74 Å². The van der Waals surface area contributed by atoms with Gasteiger partial charge in [0.25, 0.3) is 5.56 Å². The molecule has 0 atom stereocenters. The maximum atomic E-state index is 13.5. The fraction of sp³-hybridized carbons (Fsp3) is 0.105. The molecule has 0 saturated carbocycles. The molecule has 3 aromatic rings. The summed E-state index contributed by atoms with van der Waals surface area (Å²) >= 11 is 0. The van der Waals surface area contributed by atoms with Crippen LogP contribution in [0.1, 0.15) is 11.3 Å². The first-order chi connectivity index (χ1) is 12.5. The number of hydrogen-bond donors (Lipinski definition) is 1. The number of nitrogens with one attached hydrogen (secondary N) is 1. The van der Waals surface area contributed by atoms with Crippen molar-refractivity contribution in [3.63, 3.8) is 0 Å². The molecule has 2 heterocycles. The summed E-state index contributed by atoms with van der Waals surface area (Å²) in [7, 11) is 1.59. The van der Waals surface area contributed by atoms with Crippen molar-refractivity contribution in [2.45, 2.75) is 6.92 Å². The topological polar surface area (TPSA) is 72.8 Å². The van der Waals surface area contributed by atoms with Gasteiger partial charge in [-0.3, -0.25) is 4.79 Å². The Bertz CT molecular complexity index is 1030. The Labute approximate surface area is 149 Å². The van der Waals surface area contributed by atoms with Gasteiger partial charge in [0, 0.05) is 5.69 Å². The lowest BCUT2D eigenvalue weighted by Crippen LogP contribution is -2.11. The second-order valence-electron chi connectivity index (χ2n) is 5.57. The minimum atomic E-state index is -0.493. The van der Waals surface area contributed by atoms with Crippen LogP contribution in [0.5, 0.6) is 5.75 Å². The Morgan fingerprint density at radius 2 is 2.08 bits per heavy atom. The highest BCUT2D eigenvalue weighted by Crippen LogP contribution is 2.20. The predicted octanol–water partition coefficient (Wildman–Crippen LogP) is 3.44. The number of benzene rings is 1. The fourth-order valence-electron chi connectivity index (χ4n) is 2.44. The van der Waals surface area contributed by atoms with Crippen molar-refractivity contribution in [2.75, 3.05) is 7.11 Å². The molecular weight excluding hydrogens is 335 g/mol. The number of methoxy groups -OCH3 is 1. The number of ether oxygens (including phenoxy) is 1. The van der Waals surface area contributed by atoms with E-state index in [0.717, 1.165) is 17.5 Å². The van der Waals surface area contributed by atoms with Crippen LogP contribution in [0.2, 0.25) is 0 Å². The molecule has 0 aliphatic heterocycles. The smallest absolute Gasteiger partial charge is 0.257 e. The number of aromatic amines is 1. The van der Waals surface area contributed by atoms with Crippen molar-refractivity contribution in [2.24, 2.45) is 0 Å². The van der Waals surface area contributed by atoms with Crippen molar-refractivity contribution >= 4 is 6.08 Å². The van der Waals surface area contributed by atoms with E-state index in [0.29, 0.717) is 22.5 Å². The number of H-pyrrole nitrogens is 1. The van der Waals surface area contributed by atoms with Crippen molar-refractivity contribution in [1.82, 2.24) is 20.0 Å². The van der Waals surface area contributed by atoms with Gasteiger partial charge in [0.15, 0.2) is 0 Å². The lowest BCUT2D eigenvalue weighted by Gasteiger charge is -2.03. The SMILES string of the molecule is C=C/C(F)=C\c1cc(-c2cn(-c3ccc(OC)cc3)nn2)c(=O)[nH]c1C. The van der Waals surface area contributed by atoms with Gasteiger partial charge in [-0.2, -0.15) is 0 Å². The van der Waals surface area contributed by atoms with Gasteiger partial charge in [0.2, 0.25) is 0 Å². The first-order valence-electron chi connectivity index (χ1n) is 7.82. The zero-order valence-electron chi connectivity index (χ0n) is 14.4. The Balaban J connectivity index is 2.02. The van der Waals surface area contributed by atoms with Crippen molar-refractivity contribution < 1.29 is 9.13 Å². The number of nitrogens with zero attached hydrogens (tertiary/aromatic N) is 3. The number of halogens is 1. The second-order valence-corrected chi connectivity index (χ2v) is 5.57. The molecule has 0 aliphatic carbocycles. The lowest BCUT2D eigenvalue weighted by molar-refractivity contribution is 0.414. The van der Waals surface area contributed by atoms with Crippen LogP contribution in [-0.2, 0) is 0 Å². The Hall–Kier alpha value is -3.48. The van der Waals surface area contributed by atoms with Crippen molar-refractivity contribution in [3.8, 4) is 22.7 Å². The zero-order valence-corrected chi connectivity index (χ0v) is 14.4. The number of pyridine rings is 1. The average molecular weight is 352 g/mol. The van der Waals surface area contributed by atoms with Crippen molar-refractivity contribution in [3.05, 3.63) is 76.6 Å². The van der Waals surface area contributed by atoms with Crippen molar-refractivity contribution in [1.29, 1.82) is 0 Å². The van der Waals surface area contributed by atoms with Gasteiger partial charge < -0.3 is 9.72 Å². The molecule has 0 bridgehead atoms. The third kappa shape index (κ3) is 3.46. The summed E-state index contributed by atoms with van der Waals surface area (Å²) in [6.45, 7) is 5.08. The molecule has 0 amide bonds.